The van der Waals surface area contributed by atoms with Crippen molar-refractivity contribution in [1.82, 2.24) is 29.8 Å². The Kier molecular flexibility index (Phi) is 6.90. The predicted molar refractivity (Wildman–Crippen MR) is 161 cm³/mol. The number of H-pyrrole nitrogens is 1. The zero-order valence-corrected chi connectivity index (χ0v) is 24.6. The molecule has 5 N–H and O–H groups in total. The third kappa shape index (κ3) is 5.23. The maximum Gasteiger partial charge on any atom is 0.145 e. The van der Waals surface area contributed by atoms with Gasteiger partial charge in [-0.2, -0.15) is 0 Å². The zero-order chi connectivity index (χ0) is 28.2. The molecule has 4 aromatic rings. The second-order valence-corrected chi connectivity index (χ2v) is 14.0. The number of nitrogens with zero attached hydrogens (tertiary/aromatic N) is 4. The highest BCUT2D eigenvalue weighted by molar-refractivity contribution is 5.86. The Balaban J connectivity index is 0.981. The van der Waals surface area contributed by atoms with Gasteiger partial charge >= 0.3 is 0 Å². The largest absolute Gasteiger partial charge is 0.391 e. The van der Waals surface area contributed by atoms with Gasteiger partial charge in [-0.25, -0.2) is 15.0 Å². The second kappa shape index (κ2) is 10.1. The number of nitrogen functional groups attached to an aromatic ring is 1. The van der Waals surface area contributed by atoms with Gasteiger partial charge in [0.2, 0.25) is 0 Å². The van der Waals surface area contributed by atoms with Crippen LogP contribution < -0.4 is 11.1 Å². The third-order valence-corrected chi connectivity index (χ3v) is 9.78. The first-order valence-corrected chi connectivity index (χ1v) is 15.0. The Morgan fingerprint density at radius 1 is 1.05 bits per heavy atom. The SMILES string of the molecule is CC(C)(C)c1ccc2nc(CCC3CC(C(C)(C)NC[C@@H]4C[C@@H](O)[C@H](n5ccc6c(N)ncnc65)C4)C3)[nH]c2c1. The molecule has 2 saturated carbocycles. The van der Waals surface area contributed by atoms with Gasteiger partial charge in [-0.15, -0.1) is 0 Å². The Labute approximate surface area is 237 Å². The average molecular weight is 544 g/mol. The number of aliphatic hydroxyl groups is 1. The first-order chi connectivity index (χ1) is 19.0. The average Bonchev–Trinajstić information content (AvgIpc) is 3.57. The van der Waals surface area contributed by atoms with Crippen LogP contribution in [0.15, 0.2) is 36.8 Å². The molecule has 3 heterocycles. The molecule has 2 fully saturated rings. The lowest BCUT2D eigenvalue weighted by molar-refractivity contribution is 0.0843. The molecule has 0 bridgehead atoms. The van der Waals surface area contributed by atoms with Crippen molar-refractivity contribution < 1.29 is 5.11 Å². The fraction of sp³-hybridized carbons (Fsp3) is 0.594. The van der Waals surface area contributed by atoms with E-state index in [0.717, 1.165) is 59.6 Å². The van der Waals surface area contributed by atoms with Gasteiger partial charge in [-0.05, 0) is 99.4 Å². The summed E-state index contributed by atoms with van der Waals surface area (Å²) in [5.41, 5.74) is 10.6. The number of imidazole rings is 1. The van der Waals surface area contributed by atoms with E-state index in [4.69, 9.17) is 10.7 Å². The molecule has 0 radical (unpaired) electrons. The van der Waals surface area contributed by atoms with Crippen molar-refractivity contribution in [3.05, 3.63) is 48.2 Å². The summed E-state index contributed by atoms with van der Waals surface area (Å²) < 4.78 is 2.09. The Hall–Kier alpha value is -2.97. The number of aryl methyl sites for hydroxylation is 1. The number of aromatic nitrogens is 5. The Morgan fingerprint density at radius 3 is 2.62 bits per heavy atom. The van der Waals surface area contributed by atoms with Crippen LogP contribution in [-0.4, -0.2) is 47.8 Å². The van der Waals surface area contributed by atoms with Gasteiger partial charge in [0, 0.05) is 18.2 Å². The van der Waals surface area contributed by atoms with Gasteiger partial charge in [0.25, 0.3) is 0 Å². The molecule has 214 valence electrons. The predicted octanol–water partition coefficient (Wildman–Crippen LogP) is 5.53. The summed E-state index contributed by atoms with van der Waals surface area (Å²) in [6.07, 6.45) is 9.57. The van der Waals surface area contributed by atoms with Crippen molar-refractivity contribution in [2.24, 2.45) is 17.8 Å². The van der Waals surface area contributed by atoms with Crippen LogP contribution in [0.3, 0.4) is 0 Å². The first kappa shape index (κ1) is 27.2. The van der Waals surface area contributed by atoms with Crippen molar-refractivity contribution in [2.45, 2.75) is 96.2 Å². The topological polar surface area (TPSA) is 118 Å². The van der Waals surface area contributed by atoms with Gasteiger partial charge in [-0.1, -0.05) is 26.8 Å². The van der Waals surface area contributed by atoms with Crippen LogP contribution in [0.4, 0.5) is 5.82 Å². The van der Waals surface area contributed by atoms with Gasteiger partial charge < -0.3 is 25.7 Å². The molecule has 0 aliphatic heterocycles. The van der Waals surface area contributed by atoms with Gasteiger partial charge in [0.15, 0.2) is 0 Å². The van der Waals surface area contributed by atoms with E-state index in [0.29, 0.717) is 17.7 Å². The van der Waals surface area contributed by atoms with Crippen LogP contribution in [0.2, 0.25) is 0 Å². The van der Waals surface area contributed by atoms with E-state index in [-0.39, 0.29) is 23.1 Å². The molecule has 2 aliphatic rings. The van der Waals surface area contributed by atoms with E-state index < -0.39 is 0 Å². The van der Waals surface area contributed by atoms with Crippen LogP contribution in [0, 0.1) is 17.8 Å². The summed E-state index contributed by atoms with van der Waals surface area (Å²) in [5.74, 6) is 3.47. The number of anilines is 1. The number of fused-ring (bicyclic) bond motifs is 2. The minimum Gasteiger partial charge on any atom is -0.391 e. The number of hydrogen-bond donors (Lipinski definition) is 4. The summed E-state index contributed by atoms with van der Waals surface area (Å²) >= 11 is 0. The lowest BCUT2D eigenvalue weighted by Crippen LogP contribution is -2.52. The smallest absolute Gasteiger partial charge is 0.145 e. The van der Waals surface area contributed by atoms with Crippen LogP contribution in [0.1, 0.15) is 84.2 Å². The minimum atomic E-state index is -0.381. The van der Waals surface area contributed by atoms with Crippen molar-refractivity contribution in [2.75, 3.05) is 12.3 Å². The molecule has 1 aromatic carbocycles. The fourth-order valence-electron chi connectivity index (χ4n) is 6.92. The summed E-state index contributed by atoms with van der Waals surface area (Å²) in [6.45, 7) is 12.4. The van der Waals surface area contributed by atoms with Crippen LogP contribution in [-0.2, 0) is 11.8 Å². The van der Waals surface area contributed by atoms with Crippen LogP contribution in [0.5, 0.6) is 0 Å². The molecule has 8 heteroatoms. The maximum absolute atomic E-state index is 10.9. The normalized spacial score (nSPS) is 25.6. The molecule has 6 rings (SSSR count). The molecule has 0 spiro atoms. The Bertz CT molecular complexity index is 1490. The highest BCUT2D eigenvalue weighted by Crippen LogP contribution is 2.44. The van der Waals surface area contributed by atoms with Gasteiger partial charge in [-0.3, -0.25) is 0 Å². The molecule has 3 aromatic heterocycles. The molecule has 0 unspecified atom stereocenters. The molecule has 0 saturated heterocycles. The van der Waals surface area contributed by atoms with Crippen LogP contribution >= 0.6 is 0 Å². The molecule has 8 nitrogen and oxygen atoms in total. The number of rotatable bonds is 8. The van der Waals surface area contributed by atoms with Crippen molar-refractivity contribution >= 4 is 27.9 Å². The molecule has 40 heavy (non-hydrogen) atoms. The number of aromatic amines is 1. The van der Waals surface area contributed by atoms with E-state index >= 15 is 0 Å². The second-order valence-electron chi connectivity index (χ2n) is 14.0. The third-order valence-electron chi connectivity index (χ3n) is 9.78. The summed E-state index contributed by atoms with van der Waals surface area (Å²) in [6, 6.07) is 8.60. The zero-order valence-electron chi connectivity index (χ0n) is 24.6. The fourth-order valence-corrected chi connectivity index (χ4v) is 6.92. The Morgan fingerprint density at radius 2 is 1.85 bits per heavy atom. The van der Waals surface area contributed by atoms with Crippen LogP contribution in [0.25, 0.3) is 22.1 Å². The molecule has 2 aliphatic carbocycles. The van der Waals surface area contributed by atoms with Crippen molar-refractivity contribution in [3.63, 3.8) is 0 Å². The van der Waals surface area contributed by atoms with E-state index in [1.54, 1.807) is 0 Å². The molecule has 3 atom stereocenters. The molecular weight excluding hydrogens is 498 g/mol. The van der Waals surface area contributed by atoms with E-state index in [2.05, 4.69) is 77.7 Å². The molecule has 0 amide bonds. The number of hydrogen-bond acceptors (Lipinski definition) is 6. The standard InChI is InChI=1S/C32H45N7O/c1-31(2,3)21-7-8-24-25(16-21)38-28(37-24)9-6-19-12-22(13-19)32(4,5)36-17-20-14-26(27(40)15-20)39-11-10-23-29(33)34-18-35-30(23)39/h7-8,10-11,16,18-20,22,26-27,36,40H,6,9,12-15,17H2,1-5H3,(H,37,38)(H2,33,34,35)/t19?,20-,22?,26+,27+/m0/s1. The quantitative estimate of drug-likeness (QED) is 0.232. The maximum atomic E-state index is 10.9. The lowest BCUT2D eigenvalue weighted by Gasteiger charge is -2.46. The minimum absolute atomic E-state index is 0.0214. The van der Waals surface area contributed by atoms with Gasteiger partial charge in [0.1, 0.15) is 23.6 Å². The monoisotopic (exact) mass is 543 g/mol. The van der Waals surface area contributed by atoms with Crippen molar-refractivity contribution in [3.8, 4) is 0 Å². The van der Waals surface area contributed by atoms with E-state index in [1.807, 2.05) is 12.3 Å². The van der Waals surface area contributed by atoms with Gasteiger partial charge in [0.05, 0.1) is 28.6 Å². The number of nitrogens with one attached hydrogen (secondary N) is 2. The lowest BCUT2D eigenvalue weighted by atomic mass is 9.64. The van der Waals surface area contributed by atoms with Crippen molar-refractivity contribution in [1.29, 1.82) is 0 Å². The highest BCUT2D eigenvalue weighted by atomic mass is 16.3. The number of benzene rings is 1. The van der Waals surface area contributed by atoms with E-state index in [1.165, 1.54) is 31.2 Å². The summed E-state index contributed by atoms with van der Waals surface area (Å²) in [4.78, 5) is 17.0. The summed E-state index contributed by atoms with van der Waals surface area (Å²) in [5, 5.41) is 15.6. The van der Waals surface area contributed by atoms with E-state index in [9.17, 15) is 5.11 Å². The number of aliphatic hydroxyl groups excluding tert-OH is 1. The first-order valence-electron chi connectivity index (χ1n) is 15.0. The highest BCUT2D eigenvalue weighted by Gasteiger charge is 2.41. The number of nitrogens with two attached hydrogens (primary N) is 1. The summed E-state index contributed by atoms with van der Waals surface area (Å²) in [7, 11) is 0. The molecular formula is C32H45N7O.